The first-order valence-corrected chi connectivity index (χ1v) is 7.09. The molecule has 0 saturated carbocycles. The van der Waals surface area contributed by atoms with Crippen LogP contribution >= 0.6 is 35.4 Å². The molecule has 0 aliphatic rings. The standard InChI is InChI=1S/C14H11Cl2N3OS/c15-10-4-1-3-9(7-10)13(20)18-19-14(21)17-12-6-2-5-11(16)8-12/h1-8H,(H,18,20)(H2,17,19,21). The third kappa shape index (κ3) is 4.90. The van der Waals surface area contributed by atoms with Crippen molar-refractivity contribution in [1.82, 2.24) is 10.9 Å². The first-order chi connectivity index (χ1) is 10.0. The highest BCUT2D eigenvalue weighted by molar-refractivity contribution is 7.80. The molecule has 2 aromatic carbocycles. The minimum Gasteiger partial charge on any atom is -0.331 e. The van der Waals surface area contributed by atoms with Crippen molar-refractivity contribution >= 4 is 52.1 Å². The van der Waals surface area contributed by atoms with Gasteiger partial charge in [-0.15, -0.1) is 0 Å². The van der Waals surface area contributed by atoms with Crippen LogP contribution in [0.2, 0.25) is 10.0 Å². The van der Waals surface area contributed by atoms with Gasteiger partial charge in [0.15, 0.2) is 5.11 Å². The maximum atomic E-state index is 11.9. The average Bonchev–Trinajstić information content (AvgIpc) is 2.45. The molecule has 0 heterocycles. The number of carbonyl (C=O) groups is 1. The van der Waals surface area contributed by atoms with Gasteiger partial charge >= 0.3 is 0 Å². The molecule has 0 saturated heterocycles. The van der Waals surface area contributed by atoms with E-state index in [1.807, 2.05) is 0 Å². The molecule has 3 N–H and O–H groups in total. The Morgan fingerprint density at radius 3 is 2.29 bits per heavy atom. The highest BCUT2D eigenvalue weighted by Gasteiger charge is 2.06. The molecule has 0 aromatic heterocycles. The number of nitrogens with one attached hydrogen (secondary N) is 3. The number of anilines is 1. The third-order valence-corrected chi connectivity index (χ3v) is 3.13. The van der Waals surface area contributed by atoms with Crippen LogP contribution in [0, 0.1) is 0 Å². The molecule has 0 spiro atoms. The number of hydrogen-bond donors (Lipinski definition) is 3. The van der Waals surface area contributed by atoms with E-state index >= 15 is 0 Å². The zero-order valence-corrected chi connectivity index (χ0v) is 13.0. The normalized spacial score (nSPS) is 9.81. The number of amides is 1. The van der Waals surface area contributed by atoms with Crippen LogP contribution in [0.4, 0.5) is 5.69 Å². The zero-order valence-electron chi connectivity index (χ0n) is 10.7. The molecule has 108 valence electrons. The smallest absolute Gasteiger partial charge is 0.269 e. The fourth-order valence-corrected chi connectivity index (χ4v) is 2.09. The number of carbonyl (C=O) groups excluding carboxylic acids is 1. The number of benzene rings is 2. The highest BCUT2D eigenvalue weighted by Crippen LogP contribution is 2.14. The maximum absolute atomic E-state index is 11.9. The van der Waals surface area contributed by atoms with Gasteiger partial charge in [-0.3, -0.25) is 15.6 Å². The van der Waals surface area contributed by atoms with E-state index in [1.54, 1.807) is 48.5 Å². The molecule has 0 unspecified atom stereocenters. The molecular weight excluding hydrogens is 329 g/mol. The lowest BCUT2D eigenvalue weighted by Gasteiger charge is -2.11. The summed E-state index contributed by atoms with van der Waals surface area (Å²) in [5.41, 5.74) is 6.23. The number of hydrogen-bond acceptors (Lipinski definition) is 2. The monoisotopic (exact) mass is 339 g/mol. The third-order valence-electron chi connectivity index (χ3n) is 2.46. The predicted molar refractivity (Wildman–Crippen MR) is 89.7 cm³/mol. The van der Waals surface area contributed by atoms with Gasteiger partial charge in [-0.05, 0) is 48.6 Å². The van der Waals surface area contributed by atoms with Crippen molar-refractivity contribution in [3.63, 3.8) is 0 Å². The minimum absolute atomic E-state index is 0.243. The van der Waals surface area contributed by atoms with E-state index < -0.39 is 0 Å². The van der Waals surface area contributed by atoms with Gasteiger partial charge in [0.25, 0.3) is 5.91 Å². The van der Waals surface area contributed by atoms with Crippen molar-refractivity contribution in [3.05, 3.63) is 64.1 Å². The Bertz CT molecular complexity index is 679. The van der Waals surface area contributed by atoms with Crippen LogP contribution < -0.4 is 16.2 Å². The van der Waals surface area contributed by atoms with Crippen molar-refractivity contribution < 1.29 is 4.79 Å². The topological polar surface area (TPSA) is 53.2 Å². The molecule has 0 aliphatic carbocycles. The molecule has 0 aliphatic heterocycles. The summed E-state index contributed by atoms with van der Waals surface area (Å²) in [6.45, 7) is 0. The lowest BCUT2D eigenvalue weighted by atomic mass is 10.2. The molecule has 1 amide bonds. The van der Waals surface area contributed by atoms with Gasteiger partial charge in [0.2, 0.25) is 0 Å². The van der Waals surface area contributed by atoms with Crippen LogP contribution in [-0.4, -0.2) is 11.0 Å². The lowest BCUT2D eigenvalue weighted by molar-refractivity contribution is 0.0944. The highest BCUT2D eigenvalue weighted by atomic mass is 35.5. The number of thiocarbonyl (C=S) groups is 1. The van der Waals surface area contributed by atoms with Crippen molar-refractivity contribution in [2.75, 3.05) is 5.32 Å². The number of hydrazine groups is 1. The largest absolute Gasteiger partial charge is 0.331 e. The fourth-order valence-electron chi connectivity index (χ4n) is 1.54. The summed E-state index contributed by atoms with van der Waals surface area (Å²) in [5, 5.41) is 4.22. The molecule has 21 heavy (non-hydrogen) atoms. The Balaban J connectivity index is 1.88. The first-order valence-electron chi connectivity index (χ1n) is 5.93. The second-order valence-electron chi connectivity index (χ2n) is 4.05. The van der Waals surface area contributed by atoms with Gasteiger partial charge in [0, 0.05) is 21.3 Å². The Labute approximate surface area is 137 Å². The van der Waals surface area contributed by atoms with E-state index in [9.17, 15) is 4.79 Å². The molecule has 0 fully saturated rings. The second kappa shape index (κ2) is 7.26. The average molecular weight is 340 g/mol. The fraction of sp³-hybridized carbons (Fsp3) is 0. The summed E-state index contributed by atoms with van der Waals surface area (Å²) in [5.74, 6) is -0.340. The van der Waals surface area contributed by atoms with E-state index in [-0.39, 0.29) is 11.0 Å². The van der Waals surface area contributed by atoms with Crippen molar-refractivity contribution in [2.24, 2.45) is 0 Å². The first kappa shape index (κ1) is 15.6. The molecule has 2 aromatic rings. The van der Waals surface area contributed by atoms with Gasteiger partial charge in [0.1, 0.15) is 0 Å². The number of halogens is 2. The van der Waals surface area contributed by atoms with E-state index in [0.717, 1.165) is 5.69 Å². The van der Waals surface area contributed by atoms with E-state index in [1.165, 1.54) is 0 Å². The van der Waals surface area contributed by atoms with E-state index in [0.29, 0.717) is 15.6 Å². The van der Waals surface area contributed by atoms with Crippen LogP contribution in [0.25, 0.3) is 0 Å². The SMILES string of the molecule is O=C(NNC(=S)Nc1cccc(Cl)c1)c1cccc(Cl)c1. The molecule has 0 atom stereocenters. The Morgan fingerprint density at radius 2 is 1.62 bits per heavy atom. The van der Waals surface area contributed by atoms with Crippen molar-refractivity contribution in [1.29, 1.82) is 0 Å². The van der Waals surface area contributed by atoms with Gasteiger partial charge in [-0.1, -0.05) is 35.3 Å². The molecule has 0 radical (unpaired) electrons. The summed E-state index contributed by atoms with van der Waals surface area (Å²) < 4.78 is 0. The van der Waals surface area contributed by atoms with E-state index in [2.05, 4.69) is 16.2 Å². The summed E-state index contributed by atoms with van der Waals surface area (Å²) in [6.07, 6.45) is 0. The molecule has 7 heteroatoms. The van der Waals surface area contributed by atoms with Gasteiger partial charge in [-0.2, -0.15) is 0 Å². The van der Waals surface area contributed by atoms with Gasteiger partial charge in [0.05, 0.1) is 0 Å². The van der Waals surface area contributed by atoms with E-state index in [4.69, 9.17) is 35.4 Å². The van der Waals surface area contributed by atoms with Crippen LogP contribution in [0.5, 0.6) is 0 Å². The summed E-state index contributed by atoms with van der Waals surface area (Å²) in [4.78, 5) is 11.9. The lowest BCUT2D eigenvalue weighted by Crippen LogP contribution is -2.43. The quantitative estimate of drug-likeness (QED) is 0.577. The van der Waals surface area contributed by atoms with Crippen molar-refractivity contribution in [3.8, 4) is 0 Å². The predicted octanol–water partition coefficient (Wildman–Crippen LogP) is 3.62. The Kier molecular flexibility index (Phi) is 5.38. The summed E-state index contributed by atoms with van der Waals surface area (Å²) in [6, 6.07) is 13.7. The zero-order chi connectivity index (χ0) is 15.2. The van der Waals surface area contributed by atoms with Gasteiger partial charge < -0.3 is 5.32 Å². The van der Waals surface area contributed by atoms with Crippen LogP contribution in [0.1, 0.15) is 10.4 Å². The summed E-state index contributed by atoms with van der Waals surface area (Å²) >= 11 is 16.8. The van der Waals surface area contributed by atoms with Crippen LogP contribution in [0.3, 0.4) is 0 Å². The maximum Gasteiger partial charge on any atom is 0.269 e. The molecular formula is C14H11Cl2N3OS. The second-order valence-corrected chi connectivity index (χ2v) is 5.34. The Hall–Kier alpha value is -1.82. The molecule has 4 nitrogen and oxygen atoms in total. The van der Waals surface area contributed by atoms with Gasteiger partial charge in [-0.25, -0.2) is 0 Å². The van der Waals surface area contributed by atoms with Crippen molar-refractivity contribution in [2.45, 2.75) is 0 Å². The number of rotatable bonds is 2. The minimum atomic E-state index is -0.340. The molecule has 2 rings (SSSR count). The van der Waals surface area contributed by atoms with Crippen LogP contribution in [0.15, 0.2) is 48.5 Å². The Morgan fingerprint density at radius 1 is 0.952 bits per heavy atom. The summed E-state index contributed by atoms with van der Waals surface area (Å²) in [7, 11) is 0. The van der Waals surface area contributed by atoms with Crippen LogP contribution in [-0.2, 0) is 0 Å². The molecule has 0 bridgehead atoms.